The first kappa shape index (κ1) is 14.9. The lowest BCUT2D eigenvalue weighted by Gasteiger charge is -2.26. The Balaban J connectivity index is 1.58. The summed E-state index contributed by atoms with van der Waals surface area (Å²) in [5, 5.41) is 7.20. The predicted octanol–water partition coefficient (Wildman–Crippen LogP) is -0.0799. The van der Waals surface area contributed by atoms with E-state index in [4.69, 9.17) is 4.74 Å². The second-order valence-corrected chi connectivity index (χ2v) is 5.25. The zero-order chi connectivity index (χ0) is 14.2. The van der Waals surface area contributed by atoms with Crippen molar-refractivity contribution in [1.29, 1.82) is 0 Å². The Morgan fingerprint density at radius 2 is 2.15 bits per heavy atom. The van der Waals surface area contributed by atoms with Gasteiger partial charge >= 0.3 is 11.8 Å². The molecule has 0 radical (unpaired) electrons. The van der Waals surface area contributed by atoms with Gasteiger partial charge in [0.15, 0.2) is 5.13 Å². The van der Waals surface area contributed by atoms with E-state index in [9.17, 15) is 9.59 Å². The van der Waals surface area contributed by atoms with E-state index in [-0.39, 0.29) is 0 Å². The number of carbonyl (C=O) groups excluding carboxylic acids is 2. The molecule has 0 unspecified atom stereocenters. The molecular weight excluding hydrogens is 280 g/mol. The van der Waals surface area contributed by atoms with Crippen molar-refractivity contribution >= 4 is 28.3 Å². The van der Waals surface area contributed by atoms with Crippen molar-refractivity contribution in [1.82, 2.24) is 15.2 Å². The fourth-order valence-electron chi connectivity index (χ4n) is 1.85. The minimum absolute atomic E-state index is 0.429. The molecular formula is C12H18N4O3S. The van der Waals surface area contributed by atoms with Crippen LogP contribution in [0, 0.1) is 0 Å². The number of rotatable bonds is 5. The maximum atomic E-state index is 11.5. The largest absolute Gasteiger partial charge is 0.379 e. The smallest absolute Gasteiger partial charge is 0.315 e. The number of thiazole rings is 1. The Morgan fingerprint density at radius 3 is 2.85 bits per heavy atom. The molecule has 1 aromatic rings. The van der Waals surface area contributed by atoms with Crippen molar-refractivity contribution in [3.05, 3.63) is 11.6 Å². The van der Waals surface area contributed by atoms with Crippen LogP contribution < -0.4 is 10.6 Å². The fraction of sp³-hybridized carbons (Fsp3) is 0.583. The molecule has 0 spiro atoms. The first-order valence-electron chi connectivity index (χ1n) is 6.54. The molecule has 0 atom stereocenters. The van der Waals surface area contributed by atoms with E-state index in [1.807, 2.05) is 0 Å². The molecule has 8 heteroatoms. The SMILES string of the molecule is O=C(NCCCN1CCOCC1)C(=O)Nc1nccs1. The van der Waals surface area contributed by atoms with Gasteiger partial charge in [0, 0.05) is 31.2 Å². The molecule has 0 aliphatic carbocycles. The summed E-state index contributed by atoms with van der Waals surface area (Å²) in [6, 6.07) is 0. The summed E-state index contributed by atoms with van der Waals surface area (Å²) in [5.74, 6) is -1.30. The molecule has 7 nitrogen and oxygen atoms in total. The number of anilines is 1. The standard InChI is InChI=1S/C12H18N4O3S/c17-10(11(18)15-12-14-3-9-20-12)13-2-1-4-16-5-7-19-8-6-16/h3,9H,1-2,4-8H2,(H,13,17)(H,14,15,18). The highest BCUT2D eigenvalue weighted by Gasteiger charge is 2.14. The lowest BCUT2D eigenvalue weighted by atomic mass is 10.3. The van der Waals surface area contributed by atoms with E-state index < -0.39 is 11.8 Å². The van der Waals surface area contributed by atoms with Crippen LogP contribution in [0.3, 0.4) is 0 Å². The van der Waals surface area contributed by atoms with E-state index in [1.54, 1.807) is 11.6 Å². The minimum atomic E-state index is -0.675. The maximum Gasteiger partial charge on any atom is 0.315 e. The molecule has 0 bridgehead atoms. The molecule has 20 heavy (non-hydrogen) atoms. The highest BCUT2D eigenvalue weighted by Crippen LogP contribution is 2.09. The van der Waals surface area contributed by atoms with Crippen LogP contribution in [-0.2, 0) is 14.3 Å². The Labute approximate surface area is 121 Å². The molecule has 1 aromatic heterocycles. The highest BCUT2D eigenvalue weighted by molar-refractivity contribution is 7.13. The molecule has 0 aromatic carbocycles. The molecule has 2 N–H and O–H groups in total. The van der Waals surface area contributed by atoms with Gasteiger partial charge in [0.25, 0.3) is 0 Å². The van der Waals surface area contributed by atoms with Crippen LogP contribution in [0.4, 0.5) is 5.13 Å². The number of ether oxygens (including phenoxy) is 1. The predicted molar refractivity (Wildman–Crippen MR) is 75.6 cm³/mol. The Morgan fingerprint density at radius 1 is 1.35 bits per heavy atom. The van der Waals surface area contributed by atoms with Crippen molar-refractivity contribution in [3.63, 3.8) is 0 Å². The maximum absolute atomic E-state index is 11.5. The highest BCUT2D eigenvalue weighted by atomic mass is 32.1. The van der Waals surface area contributed by atoms with Crippen molar-refractivity contribution in [2.45, 2.75) is 6.42 Å². The molecule has 110 valence electrons. The van der Waals surface area contributed by atoms with E-state index in [1.165, 1.54) is 11.3 Å². The number of nitrogens with zero attached hydrogens (tertiary/aromatic N) is 2. The molecule has 1 fully saturated rings. The average Bonchev–Trinajstić information content (AvgIpc) is 2.97. The summed E-state index contributed by atoms with van der Waals surface area (Å²) in [4.78, 5) is 29.2. The van der Waals surface area contributed by atoms with Crippen LogP contribution in [-0.4, -0.2) is 61.1 Å². The first-order chi connectivity index (χ1) is 9.75. The van der Waals surface area contributed by atoms with Crippen LogP contribution in [0.15, 0.2) is 11.6 Å². The third kappa shape index (κ3) is 4.87. The minimum Gasteiger partial charge on any atom is -0.379 e. The lowest BCUT2D eigenvalue weighted by molar-refractivity contribution is -0.136. The van der Waals surface area contributed by atoms with Gasteiger partial charge in [0.05, 0.1) is 13.2 Å². The van der Waals surface area contributed by atoms with Crippen LogP contribution >= 0.6 is 11.3 Å². The molecule has 1 aliphatic heterocycles. The van der Waals surface area contributed by atoms with Crippen molar-refractivity contribution in [3.8, 4) is 0 Å². The zero-order valence-corrected chi connectivity index (χ0v) is 11.9. The van der Waals surface area contributed by atoms with E-state index >= 15 is 0 Å². The summed E-state index contributed by atoms with van der Waals surface area (Å²) >= 11 is 1.27. The third-order valence-corrected chi connectivity index (χ3v) is 3.59. The van der Waals surface area contributed by atoms with Gasteiger partial charge in [-0.15, -0.1) is 11.3 Å². The van der Waals surface area contributed by atoms with Gasteiger partial charge in [0.2, 0.25) is 0 Å². The number of morpholine rings is 1. The quantitative estimate of drug-likeness (QED) is 0.587. The van der Waals surface area contributed by atoms with E-state index in [2.05, 4.69) is 20.5 Å². The Hall–Kier alpha value is -1.51. The van der Waals surface area contributed by atoms with Crippen molar-refractivity contribution < 1.29 is 14.3 Å². The summed E-state index contributed by atoms with van der Waals surface area (Å²) in [7, 11) is 0. The Kier molecular flexibility index (Phi) is 5.90. The van der Waals surface area contributed by atoms with Gasteiger partial charge in [-0.3, -0.25) is 19.8 Å². The summed E-state index contributed by atoms with van der Waals surface area (Å²) in [6.45, 7) is 4.78. The summed E-state index contributed by atoms with van der Waals surface area (Å²) in [5.41, 5.74) is 0. The molecule has 1 aliphatic rings. The number of nitrogens with one attached hydrogen (secondary N) is 2. The van der Waals surface area contributed by atoms with Gasteiger partial charge in [-0.1, -0.05) is 0 Å². The van der Waals surface area contributed by atoms with Crippen LogP contribution in [0.25, 0.3) is 0 Å². The number of hydrogen-bond acceptors (Lipinski definition) is 6. The molecule has 2 amide bonds. The van der Waals surface area contributed by atoms with Crippen LogP contribution in [0.2, 0.25) is 0 Å². The first-order valence-corrected chi connectivity index (χ1v) is 7.42. The number of aromatic nitrogens is 1. The fourth-order valence-corrected chi connectivity index (χ4v) is 2.37. The van der Waals surface area contributed by atoms with Gasteiger partial charge in [-0.2, -0.15) is 0 Å². The lowest BCUT2D eigenvalue weighted by Crippen LogP contribution is -2.39. The monoisotopic (exact) mass is 298 g/mol. The average molecular weight is 298 g/mol. The third-order valence-electron chi connectivity index (χ3n) is 2.90. The van der Waals surface area contributed by atoms with E-state index in [0.29, 0.717) is 11.7 Å². The normalized spacial score (nSPS) is 15.8. The van der Waals surface area contributed by atoms with Crippen LogP contribution in [0.5, 0.6) is 0 Å². The van der Waals surface area contributed by atoms with Gasteiger partial charge < -0.3 is 10.1 Å². The molecule has 2 rings (SSSR count). The molecule has 2 heterocycles. The van der Waals surface area contributed by atoms with Crippen molar-refractivity contribution in [2.24, 2.45) is 0 Å². The molecule has 1 saturated heterocycles. The second kappa shape index (κ2) is 7.93. The second-order valence-electron chi connectivity index (χ2n) is 4.35. The number of hydrogen-bond donors (Lipinski definition) is 2. The zero-order valence-electron chi connectivity index (χ0n) is 11.1. The van der Waals surface area contributed by atoms with Crippen LogP contribution in [0.1, 0.15) is 6.42 Å². The number of carbonyl (C=O) groups is 2. The van der Waals surface area contributed by atoms with Gasteiger partial charge in [-0.25, -0.2) is 4.98 Å². The van der Waals surface area contributed by atoms with Gasteiger partial charge in [0.1, 0.15) is 0 Å². The topological polar surface area (TPSA) is 83.6 Å². The molecule has 0 saturated carbocycles. The summed E-state index contributed by atoms with van der Waals surface area (Å²) < 4.78 is 5.26. The summed E-state index contributed by atoms with van der Waals surface area (Å²) in [6.07, 6.45) is 2.39. The Bertz CT molecular complexity index is 432. The van der Waals surface area contributed by atoms with E-state index in [0.717, 1.165) is 39.3 Å². The van der Waals surface area contributed by atoms with Crippen molar-refractivity contribution in [2.75, 3.05) is 44.7 Å². The number of amides is 2. The van der Waals surface area contributed by atoms with Gasteiger partial charge in [-0.05, 0) is 13.0 Å².